The van der Waals surface area contributed by atoms with Crippen molar-refractivity contribution in [1.82, 2.24) is 19.5 Å². The van der Waals surface area contributed by atoms with Gasteiger partial charge in [0, 0.05) is 53.3 Å². The lowest BCUT2D eigenvalue weighted by atomic mass is 9.91. The van der Waals surface area contributed by atoms with Crippen LogP contribution in [-0.4, -0.2) is 19.5 Å². The molecule has 0 atom stereocenters. The van der Waals surface area contributed by atoms with Gasteiger partial charge in [-0.3, -0.25) is 0 Å². The fraction of sp³-hybridized carbons (Fsp3) is 0. The molecule has 0 saturated carbocycles. The van der Waals surface area contributed by atoms with Gasteiger partial charge in [-0.1, -0.05) is 170 Å². The smallest absolute Gasteiger partial charge is 0.164 e. The van der Waals surface area contributed by atoms with E-state index in [-0.39, 0.29) is 0 Å². The van der Waals surface area contributed by atoms with Crippen LogP contribution < -0.4 is 0 Å². The molecule has 12 aromatic rings. The van der Waals surface area contributed by atoms with Gasteiger partial charge in [-0.25, -0.2) is 15.0 Å². The molecular formula is C57H36N4S. The summed E-state index contributed by atoms with van der Waals surface area (Å²) in [7, 11) is 0. The molecule has 0 spiro atoms. The van der Waals surface area contributed by atoms with Crippen molar-refractivity contribution < 1.29 is 0 Å². The maximum Gasteiger partial charge on any atom is 0.164 e. The lowest BCUT2D eigenvalue weighted by Crippen LogP contribution is -2.01. The van der Waals surface area contributed by atoms with Crippen molar-refractivity contribution in [3.8, 4) is 73.2 Å². The topological polar surface area (TPSA) is 43.6 Å². The predicted molar refractivity (Wildman–Crippen MR) is 260 cm³/mol. The summed E-state index contributed by atoms with van der Waals surface area (Å²) in [5.74, 6) is 1.89. The fourth-order valence-corrected chi connectivity index (χ4v) is 10.1. The first-order valence-electron chi connectivity index (χ1n) is 20.8. The zero-order valence-electron chi connectivity index (χ0n) is 33.5. The van der Waals surface area contributed by atoms with Crippen LogP contribution >= 0.6 is 11.3 Å². The molecule has 4 nitrogen and oxygen atoms in total. The van der Waals surface area contributed by atoms with Crippen molar-refractivity contribution in [2.45, 2.75) is 0 Å². The first-order valence-corrected chi connectivity index (χ1v) is 21.7. The number of nitrogens with zero attached hydrogens (tertiary/aromatic N) is 4. The summed E-state index contributed by atoms with van der Waals surface area (Å²) in [6.07, 6.45) is 0. The van der Waals surface area contributed by atoms with Crippen molar-refractivity contribution in [2.75, 3.05) is 0 Å². The number of rotatable bonds is 7. The average molecular weight is 809 g/mol. The minimum atomic E-state index is 0.624. The monoisotopic (exact) mass is 808 g/mol. The van der Waals surface area contributed by atoms with Gasteiger partial charge in [-0.05, 0) is 81.9 Å². The third kappa shape index (κ3) is 6.18. The average Bonchev–Trinajstić information content (AvgIpc) is 3.89. The van der Waals surface area contributed by atoms with E-state index in [1.165, 1.54) is 53.1 Å². The van der Waals surface area contributed by atoms with Gasteiger partial charge >= 0.3 is 0 Å². The molecule has 5 heteroatoms. The Labute approximate surface area is 362 Å². The quantitative estimate of drug-likeness (QED) is 0.161. The molecule has 3 aromatic heterocycles. The van der Waals surface area contributed by atoms with Crippen LogP contribution in [0.3, 0.4) is 0 Å². The minimum absolute atomic E-state index is 0.624. The van der Waals surface area contributed by atoms with Crippen LogP contribution in [0.15, 0.2) is 218 Å². The summed E-state index contributed by atoms with van der Waals surface area (Å²) in [4.78, 5) is 15.7. The lowest BCUT2D eigenvalue weighted by Gasteiger charge is -2.15. The third-order valence-corrected chi connectivity index (χ3v) is 13.0. The molecule has 0 unspecified atom stereocenters. The summed E-state index contributed by atoms with van der Waals surface area (Å²) < 4.78 is 4.87. The molecule has 0 radical (unpaired) electrons. The maximum atomic E-state index is 5.30. The Morgan fingerprint density at radius 1 is 0.306 bits per heavy atom. The summed E-state index contributed by atoms with van der Waals surface area (Å²) >= 11 is 1.85. The number of benzene rings is 9. The summed E-state index contributed by atoms with van der Waals surface area (Å²) in [5.41, 5.74) is 13.1. The predicted octanol–water partition coefficient (Wildman–Crippen LogP) is 15.3. The van der Waals surface area contributed by atoms with Gasteiger partial charge in [0.25, 0.3) is 0 Å². The van der Waals surface area contributed by atoms with Gasteiger partial charge in [-0.2, -0.15) is 0 Å². The van der Waals surface area contributed by atoms with Crippen LogP contribution in [0.25, 0.3) is 115 Å². The van der Waals surface area contributed by atoms with Crippen LogP contribution in [0.1, 0.15) is 0 Å². The second-order valence-corrected chi connectivity index (χ2v) is 16.7. The normalized spacial score (nSPS) is 11.5. The number of para-hydroxylation sites is 2. The Morgan fingerprint density at radius 2 is 0.871 bits per heavy atom. The highest BCUT2D eigenvalue weighted by Gasteiger charge is 2.21. The molecule has 0 amide bonds. The molecule has 0 saturated heterocycles. The van der Waals surface area contributed by atoms with E-state index in [4.69, 9.17) is 15.0 Å². The molecule has 62 heavy (non-hydrogen) atoms. The zero-order valence-corrected chi connectivity index (χ0v) is 34.3. The molecule has 0 aliphatic carbocycles. The van der Waals surface area contributed by atoms with Crippen LogP contribution in [0.2, 0.25) is 0 Å². The number of hydrogen-bond donors (Lipinski definition) is 0. The van der Waals surface area contributed by atoms with E-state index in [2.05, 4.69) is 187 Å². The Balaban J connectivity index is 1.12. The Bertz CT molecular complexity index is 3560. The molecule has 290 valence electrons. The SMILES string of the molecule is c1ccc(-c2cccc(-c3ccc(-c4cccc5sc6cc7c(cc6c45)c4ccccc4n7-c4ccccc4)c(-c4nc(-c5ccccc5)nc(-c5ccccc5)n4)c3)c2)cc1. The van der Waals surface area contributed by atoms with Gasteiger partial charge in [0.2, 0.25) is 0 Å². The highest BCUT2D eigenvalue weighted by atomic mass is 32.1. The zero-order chi connectivity index (χ0) is 41.0. The molecule has 0 fully saturated rings. The van der Waals surface area contributed by atoms with E-state index < -0.39 is 0 Å². The summed E-state index contributed by atoms with van der Waals surface area (Å²) in [5, 5.41) is 4.93. The molecule has 0 aliphatic heterocycles. The Hall–Kier alpha value is -7.99. The Morgan fingerprint density at radius 3 is 1.58 bits per heavy atom. The first-order chi connectivity index (χ1) is 30.7. The third-order valence-electron chi connectivity index (χ3n) is 11.9. The van der Waals surface area contributed by atoms with Crippen molar-refractivity contribution in [3.63, 3.8) is 0 Å². The van der Waals surface area contributed by atoms with E-state index in [0.717, 1.165) is 44.6 Å². The van der Waals surface area contributed by atoms with E-state index in [9.17, 15) is 0 Å². The van der Waals surface area contributed by atoms with E-state index in [0.29, 0.717) is 17.5 Å². The minimum Gasteiger partial charge on any atom is -0.309 e. The largest absolute Gasteiger partial charge is 0.309 e. The summed E-state index contributed by atoms with van der Waals surface area (Å²) in [6.45, 7) is 0. The van der Waals surface area contributed by atoms with Gasteiger partial charge in [0.15, 0.2) is 17.5 Å². The molecule has 0 bridgehead atoms. The van der Waals surface area contributed by atoms with Crippen LogP contribution in [0.5, 0.6) is 0 Å². The fourth-order valence-electron chi connectivity index (χ4n) is 8.95. The van der Waals surface area contributed by atoms with Crippen molar-refractivity contribution in [1.29, 1.82) is 0 Å². The van der Waals surface area contributed by atoms with Gasteiger partial charge in [0.05, 0.1) is 11.0 Å². The second kappa shape index (κ2) is 14.9. The highest BCUT2D eigenvalue weighted by molar-refractivity contribution is 7.26. The number of hydrogen-bond acceptors (Lipinski definition) is 4. The Kier molecular flexibility index (Phi) is 8.65. The molecule has 12 rings (SSSR count). The maximum absolute atomic E-state index is 5.30. The van der Waals surface area contributed by atoms with Gasteiger partial charge in [0.1, 0.15) is 0 Å². The summed E-state index contributed by atoms with van der Waals surface area (Å²) in [6, 6.07) is 77.5. The van der Waals surface area contributed by atoms with E-state index in [1.807, 2.05) is 47.7 Å². The molecule has 0 N–H and O–H groups in total. The van der Waals surface area contributed by atoms with Gasteiger partial charge < -0.3 is 4.57 Å². The van der Waals surface area contributed by atoms with Crippen molar-refractivity contribution in [3.05, 3.63) is 218 Å². The number of thiophene rings is 1. The second-order valence-electron chi connectivity index (χ2n) is 15.6. The van der Waals surface area contributed by atoms with Gasteiger partial charge in [-0.15, -0.1) is 11.3 Å². The van der Waals surface area contributed by atoms with Crippen molar-refractivity contribution in [2.24, 2.45) is 0 Å². The number of fused-ring (bicyclic) bond motifs is 6. The van der Waals surface area contributed by atoms with Crippen LogP contribution in [0.4, 0.5) is 0 Å². The van der Waals surface area contributed by atoms with Crippen LogP contribution in [0, 0.1) is 0 Å². The highest BCUT2D eigenvalue weighted by Crippen LogP contribution is 2.46. The van der Waals surface area contributed by atoms with Crippen molar-refractivity contribution >= 4 is 53.3 Å². The molecule has 0 aliphatic rings. The molecule has 3 heterocycles. The van der Waals surface area contributed by atoms with E-state index >= 15 is 0 Å². The number of aromatic nitrogens is 4. The first kappa shape index (κ1) is 35.9. The molecular weight excluding hydrogens is 773 g/mol. The molecule has 9 aromatic carbocycles. The van der Waals surface area contributed by atoms with E-state index in [1.54, 1.807) is 0 Å². The standard InChI is InChI=1S/C57H36N4S/c1-5-17-37(18-6-1)40-23-15-24-41(33-40)42-31-32-44(48(34-42)57-59-55(38-19-7-2-8-20-38)58-56(60-57)39-21-9-3-10-22-39)46-28-16-30-52-54(46)49-35-47-45-27-13-14-29-50(45)61(43-25-11-4-12-26-43)51(47)36-53(49)62-52/h1-36H. The van der Waals surface area contributed by atoms with Crippen LogP contribution in [-0.2, 0) is 0 Å². The lowest BCUT2D eigenvalue weighted by molar-refractivity contribution is 1.07.